The molecule has 0 spiro atoms. The summed E-state index contributed by atoms with van der Waals surface area (Å²) in [5.41, 5.74) is 3.06. The third kappa shape index (κ3) is 5.07. The Bertz CT molecular complexity index is 701. The Labute approximate surface area is 166 Å². The predicted octanol–water partition coefficient (Wildman–Crippen LogP) is 4.94. The lowest BCUT2D eigenvalue weighted by atomic mass is 9.72. The van der Waals surface area contributed by atoms with Crippen molar-refractivity contribution in [3.63, 3.8) is 0 Å². The van der Waals surface area contributed by atoms with Gasteiger partial charge in [-0.3, -0.25) is 0 Å². The van der Waals surface area contributed by atoms with Crippen LogP contribution in [0, 0.1) is 11.3 Å². The molecule has 2 N–H and O–H groups in total. The van der Waals surface area contributed by atoms with Gasteiger partial charge in [-0.25, -0.2) is 4.79 Å². The van der Waals surface area contributed by atoms with E-state index in [1.54, 1.807) is 11.3 Å². The number of hydrogen-bond donors (Lipinski definition) is 2. The number of thiocarbonyl (C=S) groups is 1. The molecule has 0 aromatic carbocycles. The number of hydrogen-bond acceptors (Lipinski definition) is 4. The number of nitrogens with one attached hydrogen (secondary N) is 2. The number of esters is 1. The number of carbonyl (C=O) groups excluding carboxylic acids is 1. The van der Waals surface area contributed by atoms with Gasteiger partial charge in [0, 0.05) is 11.4 Å². The highest BCUT2D eigenvalue weighted by atomic mass is 32.1. The summed E-state index contributed by atoms with van der Waals surface area (Å²) in [5, 5.41) is 7.63. The standard InChI is InChI=1S/C20H30N2O2S2/c1-7-24-18(23)16-14-9-8-13(20(4,5)6)10-15(14)26-17(16)22-19(25)21-11-12(2)3/h13H,2,7-11H2,1,3-6H3,(H2,21,22,25). The number of thiophene rings is 1. The summed E-state index contributed by atoms with van der Waals surface area (Å²) in [6.45, 7) is 15.5. The van der Waals surface area contributed by atoms with Crippen LogP contribution in [0.2, 0.25) is 0 Å². The van der Waals surface area contributed by atoms with Gasteiger partial charge in [-0.15, -0.1) is 11.3 Å². The van der Waals surface area contributed by atoms with Gasteiger partial charge in [0.1, 0.15) is 5.00 Å². The first-order valence-electron chi connectivity index (χ1n) is 9.14. The molecule has 0 saturated heterocycles. The summed E-state index contributed by atoms with van der Waals surface area (Å²) in [7, 11) is 0. The number of anilines is 1. The van der Waals surface area contributed by atoms with Crippen LogP contribution >= 0.6 is 23.6 Å². The lowest BCUT2D eigenvalue weighted by molar-refractivity contribution is 0.0526. The molecule has 0 radical (unpaired) electrons. The zero-order valence-corrected chi connectivity index (χ0v) is 18.1. The molecule has 26 heavy (non-hydrogen) atoms. The van der Waals surface area contributed by atoms with E-state index in [1.165, 1.54) is 4.88 Å². The monoisotopic (exact) mass is 394 g/mol. The molecule has 1 aromatic heterocycles. The van der Waals surface area contributed by atoms with Gasteiger partial charge in [0.25, 0.3) is 0 Å². The predicted molar refractivity (Wildman–Crippen MR) is 114 cm³/mol. The Balaban J connectivity index is 2.29. The lowest BCUT2D eigenvalue weighted by Gasteiger charge is -2.33. The van der Waals surface area contributed by atoms with Crippen LogP contribution in [0.1, 0.15) is 61.8 Å². The molecule has 1 atom stereocenters. The number of fused-ring (bicyclic) bond motifs is 1. The SMILES string of the molecule is C=C(C)CNC(=S)Nc1sc2c(c1C(=O)OCC)CCC(C(C)(C)C)C2. The van der Waals surface area contributed by atoms with Crippen molar-refractivity contribution in [3.8, 4) is 0 Å². The van der Waals surface area contributed by atoms with E-state index >= 15 is 0 Å². The Morgan fingerprint density at radius 3 is 2.69 bits per heavy atom. The van der Waals surface area contributed by atoms with Crippen LogP contribution in [0.3, 0.4) is 0 Å². The third-order valence-corrected chi connectivity index (χ3v) is 6.16. The molecule has 0 saturated carbocycles. The second-order valence-electron chi connectivity index (χ2n) is 8.00. The highest BCUT2D eigenvalue weighted by molar-refractivity contribution is 7.80. The molecule has 2 rings (SSSR count). The van der Waals surface area contributed by atoms with E-state index in [2.05, 4.69) is 38.0 Å². The van der Waals surface area contributed by atoms with Gasteiger partial charge in [0.05, 0.1) is 12.2 Å². The molecule has 1 aliphatic carbocycles. The molecule has 0 fully saturated rings. The van der Waals surface area contributed by atoms with Crippen LogP contribution < -0.4 is 10.6 Å². The van der Waals surface area contributed by atoms with E-state index in [0.29, 0.717) is 29.7 Å². The van der Waals surface area contributed by atoms with Crippen molar-refractivity contribution in [1.29, 1.82) is 0 Å². The average Bonchev–Trinajstić information content (AvgIpc) is 2.89. The molecule has 1 aromatic rings. The second kappa shape index (κ2) is 8.53. The van der Waals surface area contributed by atoms with Crippen LogP contribution in [0.25, 0.3) is 0 Å². The minimum Gasteiger partial charge on any atom is -0.462 e. The summed E-state index contributed by atoms with van der Waals surface area (Å²) in [6.07, 6.45) is 3.01. The molecule has 0 amide bonds. The van der Waals surface area contributed by atoms with Gasteiger partial charge < -0.3 is 15.4 Å². The van der Waals surface area contributed by atoms with Gasteiger partial charge >= 0.3 is 5.97 Å². The fourth-order valence-electron chi connectivity index (χ4n) is 3.21. The van der Waals surface area contributed by atoms with E-state index in [9.17, 15) is 4.79 Å². The average molecular weight is 395 g/mol. The summed E-state index contributed by atoms with van der Waals surface area (Å²) in [4.78, 5) is 13.9. The van der Waals surface area contributed by atoms with E-state index in [4.69, 9.17) is 17.0 Å². The molecular weight excluding hydrogens is 364 g/mol. The topological polar surface area (TPSA) is 50.4 Å². The third-order valence-electron chi connectivity index (χ3n) is 4.75. The zero-order valence-electron chi connectivity index (χ0n) is 16.5. The van der Waals surface area contributed by atoms with Gasteiger partial charge in [0.2, 0.25) is 0 Å². The minimum atomic E-state index is -0.260. The van der Waals surface area contributed by atoms with Crippen molar-refractivity contribution in [2.24, 2.45) is 11.3 Å². The lowest BCUT2D eigenvalue weighted by Crippen LogP contribution is -2.30. The molecule has 144 valence electrons. The Morgan fingerprint density at radius 2 is 2.12 bits per heavy atom. The molecule has 1 unspecified atom stereocenters. The van der Waals surface area contributed by atoms with E-state index in [0.717, 1.165) is 35.4 Å². The van der Waals surface area contributed by atoms with Crippen molar-refractivity contribution < 1.29 is 9.53 Å². The van der Waals surface area contributed by atoms with E-state index in [1.807, 2.05) is 13.8 Å². The Hall–Kier alpha value is -1.40. The second-order valence-corrected chi connectivity index (χ2v) is 9.51. The highest BCUT2D eigenvalue weighted by Gasteiger charge is 2.34. The molecule has 6 heteroatoms. The normalized spacial score (nSPS) is 16.6. The summed E-state index contributed by atoms with van der Waals surface area (Å²) in [5.74, 6) is 0.356. The maximum absolute atomic E-state index is 12.6. The maximum atomic E-state index is 12.6. The first-order chi connectivity index (χ1) is 12.1. The van der Waals surface area contributed by atoms with Gasteiger partial charge in [0.15, 0.2) is 5.11 Å². The molecular formula is C20H30N2O2S2. The van der Waals surface area contributed by atoms with Gasteiger partial charge in [-0.2, -0.15) is 0 Å². The fraction of sp³-hybridized carbons (Fsp3) is 0.600. The van der Waals surface area contributed by atoms with Crippen molar-refractivity contribution in [2.75, 3.05) is 18.5 Å². The van der Waals surface area contributed by atoms with Crippen LogP contribution in [-0.4, -0.2) is 24.2 Å². The van der Waals surface area contributed by atoms with Crippen LogP contribution in [0.4, 0.5) is 5.00 Å². The van der Waals surface area contributed by atoms with Crippen LogP contribution in [-0.2, 0) is 17.6 Å². The summed E-state index contributed by atoms with van der Waals surface area (Å²) >= 11 is 7.02. The van der Waals surface area contributed by atoms with Crippen molar-refractivity contribution in [1.82, 2.24) is 5.32 Å². The largest absolute Gasteiger partial charge is 0.462 e. The van der Waals surface area contributed by atoms with E-state index < -0.39 is 0 Å². The van der Waals surface area contributed by atoms with Crippen LogP contribution in [0.5, 0.6) is 0 Å². The zero-order chi connectivity index (χ0) is 19.5. The summed E-state index contributed by atoms with van der Waals surface area (Å²) in [6, 6.07) is 0. The first-order valence-corrected chi connectivity index (χ1v) is 10.4. The van der Waals surface area contributed by atoms with Crippen molar-refractivity contribution >= 4 is 39.6 Å². The highest BCUT2D eigenvalue weighted by Crippen LogP contribution is 2.44. The van der Waals surface area contributed by atoms with Gasteiger partial charge in [-0.05, 0) is 62.2 Å². The van der Waals surface area contributed by atoms with Gasteiger partial charge in [-0.1, -0.05) is 32.9 Å². The number of ether oxygens (including phenoxy) is 1. The smallest absolute Gasteiger partial charge is 0.341 e. The molecule has 4 nitrogen and oxygen atoms in total. The van der Waals surface area contributed by atoms with Crippen molar-refractivity contribution in [3.05, 3.63) is 28.2 Å². The fourth-order valence-corrected chi connectivity index (χ4v) is 4.77. The molecule has 1 aliphatic rings. The molecule has 0 bridgehead atoms. The molecule has 1 heterocycles. The minimum absolute atomic E-state index is 0.260. The molecule has 0 aliphatic heterocycles. The summed E-state index contributed by atoms with van der Waals surface area (Å²) < 4.78 is 5.32. The van der Waals surface area contributed by atoms with Crippen molar-refractivity contribution in [2.45, 2.75) is 53.9 Å². The number of rotatable bonds is 5. The van der Waals surface area contributed by atoms with E-state index in [-0.39, 0.29) is 11.4 Å². The Morgan fingerprint density at radius 1 is 1.42 bits per heavy atom. The quantitative estimate of drug-likeness (QED) is 0.421. The maximum Gasteiger partial charge on any atom is 0.341 e. The first kappa shape index (κ1) is 20.9. The van der Waals surface area contributed by atoms with Crippen LogP contribution in [0.15, 0.2) is 12.2 Å². The number of carbonyl (C=O) groups is 1. The Kier molecular flexibility index (Phi) is 6.86.